The summed E-state index contributed by atoms with van der Waals surface area (Å²) < 4.78 is 20.8. The predicted octanol–water partition coefficient (Wildman–Crippen LogP) is 15.8. The van der Waals surface area contributed by atoms with Crippen molar-refractivity contribution in [2.75, 3.05) is 0 Å². The molecule has 6 aromatic rings. The van der Waals surface area contributed by atoms with Crippen LogP contribution in [0.4, 0.5) is 0 Å². The Morgan fingerprint density at radius 1 is 0.410 bits per heavy atom. The number of aryl methyl sites for hydroxylation is 2. The zero-order valence-corrected chi connectivity index (χ0v) is 39.1. The van der Waals surface area contributed by atoms with Crippen LogP contribution >= 0.6 is 0 Å². The second kappa shape index (κ2) is 18.9. The largest absolute Gasteiger partial charge is 0.457 e. The Hall–Kier alpha value is -5.12. The lowest BCUT2D eigenvalue weighted by molar-refractivity contribution is -0.0840. The predicted molar refractivity (Wildman–Crippen MR) is 257 cm³/mol. The van der Waals surface area contributed by atoms with Gasteiger partial charge in [-0.2, -0.15) is 0 Å². The summed E-state index contributed by atoms with van der Waals surface area (Å²) in [5.41, 5.74) is 9.82. The van der Waals surface area contributed by atoms with E-state index in [1.54, 1.807) is 0 Å². The summed E-state index contributed by atoms with van der Waals surface area (Å²) in [5.74, 6) is 3.30. The summed E-state index contributed by atoms with van der Waals surface area (Å²) in [5, 5.41) is 0. The van der Waals surface area contributed by atoms with Crippen LogP contribution in [-0.2, 0) is 39.2 Å². The molecule has 0 saturated carbocycles. The van der Waals surface area contributed by atoms with Crippen LogP contribution in [0.3, 0.4) is 0 Å². The highest BCUT2D eigenvalue weighted by Crippen LogP contribution is 2.43. The van der Waals surface area contributed by atoms with Crippen molar-refractivity contribution >= 4 is 0 Å². The molecular weight excluding hydrogens is 745 g/mol. The molecular formula is C58H70O3. The van der Waals surface area contributed by atoms with Gasteiger partial charge in [0.2, 0.25) is 0 Å². The molecule has 0 spiro atoms. The third-order valence-corrected chi connectivity index (χ3v) is 13.2. The van der Waals surface area contributed by atoms with Gasteiger partial charge in [-0.15, -0.1) is 0 Å². The lowest BCUT2D eigenvalue weighted by Crippen LogP contribution is -2.48. The number of para-hydroxylation sites is 2. The fourth-order valence-corrected chi connectivity index (χ4v) is 9.15. The molecule has 3 heteroatoms. The van der Waals surface area contributed by atoms with E-state index in [0.29, 0.717) is 12.8 Å². The summed E-state index contributed by atoms with van der Waals surface area (Å²) in [6, 6.07) is 51.6. The highest BCUT2D eigenvalue weighted by Gasteiger charge is 2.43. The highest BCUT2D eigenvalue weighted by atomic mass is 16.5. The molecule has 6 rings (SSSR count). The monoisotopic (exact) mass is 815 g/mol. The van der Waals surface area contributed by atoms with Gasteiger partial charge in [-0.05, 0) is 143 Å². The first-order chi connectivity index (χ1) is 28.9. The molecule has 61 heavy (non-hydrogen) atoms. The first-order valence-corrected chi connectivity index (χ1v) is 22.5. The number of rotatable bonds is 16. The van der Waals surface area contributed by atoms with Gasteiger partial charge in [-0.1, -0.05) is 166 Å². The second-order valence-electron chi connectivity index (χ2n) is 19.7. The molecule has 0 aliphatic carbocycles. The van der Waals surface area contributed by atoms with E-state index in [0.717, 1.165) is 35.8 Å². The molecule has 0 aliphatic heterocycles. The molecule has 4 unspecified atom stereocenters. The summed E-state index contributed by atoms with van der Waals surface area (Å²) >= 11 is 0. The van der Waals surface area contributed by atoms with Gasteiger partial charge in [0.05, 0.1) is 12.2 Å². The number of ether oxygens (including phenoxy) is 3. The Labute approximate surface area is 368 Å². The van der Waals surface area contributed by atoms with Crippen molar-refractivity contribution in [1.29, 1.82) is 0 Å². The van der Waals surface area contributed by atoms with Crippen molar-refractivity contribution in [3.63, 3.8) is 0 Å². The molecule has 0 aromatic heterocycles. The third kappa shape index (κ3) is 10.9. The quantitative estimate of drug-likeness (QED) is 0.0974. The summed E-state index contributed by atoms with van der Waals surface area (Å²) in [6.07, 6.45) is 2.87. The van der Waals surface area contributed by atoms with Gasteiger partial charge in [0.25, 0.3) is 0 Å². The van der Waals surface area contributed by atoms with Gasteiger partial charge < -0.3 is 14.2 Å². The molecule has 0 aliphatic rings. The Bertz CT molecular complexity index is 2180. The van der Waals surface area contributed by atoms with Crippen LogP contribution in [-0.4, -0.2) is 12.2 Å². The number of benzene rings is 6. The van der Waals surface area contributed by atoms with Gasteiger partial charge in [-0.3, -0.25) is 0 Å². The zero-order valence-electron chi connectivity index (χ0n) is 39.1. The number of hydrogen-bond donors (Lipinski definition) is 0. The van der Waals surface area contributed by atoms with E-state index in [1.165, 1.54) is 44.5 Å². The average molecular weight is 815 g/mol. The van der Waals surface area contributed by atoms with Gasteiger partial charge >= 0.3 is 0 Å². The van der Waals surface area contributed by atoms with Crippen LogP contribution in [0.2, 0.25) is 0 Å². The molecule has 0 fully saturated rings. The normalized spacial score (nSPS) is 15.0. The van der Waals surface area contributed by atoms with Crippen molar-refractivity contribution in [2.24, 2.45) is 0 Å². The molecule has 0 radical (unpaired) electrons. The van der Waals surface area contributed by atoms with E-state index in [9.17, 15) is 0 Å². The highest BCUT2D eigenvalue weighted by molar-refractivity contribution is 5.43. The van der Waals surface area contributed by atoms with Gasteiger partial charge in [-0.25, -0.2) is 0 Å². The average Bonchev–Trinajstić information content (AvgIpc) is 3.22. The molecule has 0 heterocycles. The first kappa shape index (κ1) is 45.4. The molecule has 3 nitrogen and oxygen atoms in total. The molecule has 4 atom stereocenters. The smallest absolute Gasteiger partial charge is 0.127 e. The second-order valence-corrected chi connectivity index (χ2v) is 19.7. The van der Waals surface area contributed by atoms with E-state index in [4.69, 9.17) is 14.2 Å². The minimum Gasteiger partial charge on any atom is -0.457 e. The zero-order chi connectivity index (χ0) is 44.0. The molecule has 6 aromatic carbocycles. The molecule has 0 N–H and O–H groups in total. The maximum absolute atomic E-state index is 7.99. The minimum absolute atomic E-state index is 0.0494. The fourth-order valence-electron chi connectivity index (χ4n) is 9.15. The maximum Gasteiger partial charge on any atom is 0.127 e. The van der Waals surface area contributed by atoms with Crippen LogP contribution < -0.4 is 9.47 Å². The summed E-state index contributed by atoms with van der Waals surface area (Å²) in [6.45, 7) is 27.8. The Kier molecular flexibility index (Phi) is 14.0. The van der Waals surface area contributed by atoms with Crippen molar-refractivity contribution in [3.8, 4) is 23.0 Å². The summed E-state index contributed by atoms with van der Waals surface area (Å²) in [7, 11) is 0. The van der Waals surface area contributed by atoms with E-state index < -0.39 is 0 Å². The lowest BCUT2D eigenvalue weighted by Gasteiger charge is -2.45. The minimum atomic E-state index is -0.325. The fraction of sp³-hybridized carbons (Fsp3) is 0.379. The molecule has 0 bridgehead atoms. The van der Waals surface area contributed by atoms with Crippen molar-refractivity contribution in [1.82, 2.24) is 0 Å². The molecule has 0 saturated heterocycles. The molecule has 0 amide bonds. The van der Waals surface area contributed by atoms with E-state index in [-0.39, 0.29) is 33.9 Å². The van der Waals surface area contributed by atoms with Crippen molar-refractivity contribution < 1.29 is 14.2 Å². The Morgan fingerprint density at radius 2 is 0.770 bits per heavy atom. The third-order valence-electron chi connectivity index (χ3n) is 13.2. The first-order valence-electron chi connectivity index (χ1n) is 22.5. The van der Waals surface area contributed by atoms with Crippen LogP contribution in [0.25, 0.3) is 0 Å². The van der Waals surface area contributed by atoms with Gasteiger partial charge in [0.1, 0.15) is 23.0 Å². The van der Waals surface area contributed by atoms with Crippen LogP contribution in [0.15, 0.2) is 146 Å². The SMILES string of the molecule is CCC(C)(c1ccc(C(C)(C)C)c(C)c1)C(Cc1cccc(Oc2ccccc2)c1)OC(Cc1cccc(Oc2ccccc2)c1)C(C)(CC)c1ccc(C(C)(C)C)c(C)c1. The Morgan fingerprint density at radius 3 is 1.10 bits per heavy atom. The van der Waals surface area contributed by atoms with Crippen molar-refractivity contribution in [2.45, 2.75) is 143 Å². The standard InChI is InChI=1S/C58H70O3/c1-13-57(11,45-31-33-51(41(3)35-45)55(5,6)7)53(39-43-23-21-29-49(37-43)59-47-25-17-15-18-26-47)61-54(40-44-24-22-30-50(38-44)60-48-27-19-16-20-28-48)58(12,14-2)46-32-34-52(42(4)36-46)56(8,9)10/h15-38,53-54H,13-14,39-40H2,1-12H3. The maximum atomic E-state index is 7.99. The van der Waals surface area contributed by atoms with E-state index in [1.807, 2.05) is 72.8 Å². The van der Waals surface area contributed by atoms with Gasteiger partial charge in [0.15, 0.2) is 0 Å². The van der Waals surface area contributed by atoms with Crippen molar-refractivity contribution in [3.05, 3.63) is 190 Å². The summed E-state index contributed by atoms with van der Waals surface area (Å²) in [4.78, 5) is 0. The van der Waals surface area contributed by atoms with Crippen LogP contribution in [0, 0.1) is 13.8 Å². The topological polar surface area (TPSA) is 27.7 Å². The van der Waals surface area contributed by atoms with E-state index >= 15 is 0 Å². The molecule has 320 valence electrons. The van der Waals surface area contributed by atoms with Crippen LogP contribution in [0.1, 0.15) is 127 Å². The lowest BCUT2D eigenvalue weighted by atomic mass is 9.69. The van der Waals surface area contributed by atoms with Crippen LogP contribution in [0.5, 0.6) is 23.0 Å². The van der Waals surface area contributed by atoms with Gasteiger partial charge in [0, 0.05) is 10.8 Å². The number of hydrogen-bond acceptors (Lipinski definition) is 3. The van der Waals surface area contributed by atoms with E-state index in [2.05, 4.69) is 156 Å². The Balaban J connectivity index is 1.49.